The highest BCUT2D eigenvalue weighted by Crippen LogP contribution is 2.15. The van der Waals surface area contributed by atoms with Crippen molar-refractivity contribution in [1.29, 1.82) is 0 Å². The van der Waals surface area contributed by atoms with Crippen molar-refractivity contribution in [2.45, 2.75) is 6.42 Å². The largest absolute Gasteiger partial charge is 0.497 e. The molecule has 9 heteroatoms. The SMILES string of the molecule is COc1ccc(C(=O)CN2C=CCC(C(=O)NNS(C)(=O)=O)=C2)cc1. The summed E-state index contributed by atoms with van der Waals surface area (Å²) in [6.45, 7) is 0.0547. The number of hydrogen-bond donors (Lipinski definition) is 2. The number of hydrazine groups is 1. The van der Waals surface area contributed by atoms with Gasteiger partial charge in [0.15, 0.2) is 5.78 Å². The lowest BCUT2D eigenvalue weighted by molar-refractivity contribution is -0.118. The molecule has 1 aliphatic heterocycles. The van der Waals surface area contributed by atoms with Gasteiger partial charge in [0.2, 0.25) is 10.0 Å². The Balaban J connectivity index is 2.00. The van der Waals surface area contributed by atoms with Gasteiger partial charge in [0.05, 0.1) is 19.9 Å². The lowest BCUT2D eigenvalue weighted by Gasteiger charge is -2.20. The first kappa shape index (κ1) is 18.7. The highest BCUT2D eigenvalue weighted by Gasteiger charge is 2.16. The first-order chi connectivity index (χ1) is 11.8. The van der Waals surface area contributed by atoms with Crippen molar-refractivity contribution >= 4 is 21.7 Å². The van der Waals surface area contributed by atoms with Crippen molar-refractivity contribution in [3.8, 4) is 5.75 Å². The molecule has 2 rings (SSSR count). The van der Waals surface area contributed by atoms with Crippen LogP contribution < -0.4 is 15.0 Å². The predicted octanol–water partition coefficient (Wildman–Crippen LogP) is 0.562. The van der Waals surface area contributed by atoms with Gasteiger partial charge in [-0.05, 0) is 30.7 Å². The van der Waals surface area contributed by atoms with Crippen molar-refractivity contribution in [1.82, 2.24) is 15.2 Å². The van der Waals surface area contributed by atoms with Crippen LogP contribution in [0.1, 0.15) is 16.8 Å². The van der Waals surface area contributed by atoms with Gasteiger partial charge in [0.25, 0.3) is 5.91 Å². The van der Waals surface area contributed by atoms with Gasteiger partial charge in [-0.3, -0.25) is 15.0 Å². The average Bonchev–Trinajstić information content (AvgIpc) is 2.59. The van der Waals surface area contributed by atoms with Gasteiger partial charge in [-0.2, -0.15) is 0 Å². The number of nitrogens with zero attached hydrogens (tertiary/aromatic N) is 1. The molecule has 8 nitrogen and oxygen atoms in total. The Morgan fingerprint density at radius 1 is 1.24 bits per heavy atom. The Hall–Kier alpha value is -2.65. The van der Waals surface area contributed by atoms with Crippen molar-refractivity contribution in [3.63, 3.8) is 0 Å². The molecule has 134 valence electrons. The number of sulfonamides is 1. The average molecular weight is 365 g/mol. The van der Waals surface area contributed by atoms with Gasteiger partial charge in [-0.25, -0.2) is 8.42 Å². The van der Waals surface area contributed by atoms with Crippen LogP contribution >= 0.6 is 0 Å². The summed E-state index contributed by atoms with van der Waals surface area (Å²) in [5.74, 6) is -0.0391. The first-order valence-corrected chi connectivity index (χ1v) is 9.25. The number of amides is 1. The number of carbonyl (C=O) groups excluding carboxylic acids is 2. The van der Waals surface area contributed by atoms with E-state index in [1.807, 2.05) is 4.83 Å². The van der Waals surface area contributed by atoms with Crippen LogP contribution in [0.3, 0.4) is 0 Å². The third-order valence-corrected chi connectivity index (χ3v) is 3.81. The Labute approximate surface area is 146 Å². The molecular formula is C16H19N3O5S. The van der Waals surface area contributed by atoms with E-state index in [-0.39, 0.29) is 12.3 Å². The molecule has 0 atom stereocenters. The van der Waals surface area contributed by atoms with Crippen molar-refractivity contribution in [3.05, 3.63) is 53.9 Å². The van der Waals surface area contributed by atoms with Gasteiger partial charge in [0, 0.05) is 23.5 Å². The maximum absolute atomic E-state index is 12.3. The topological polar surface area (TPSA) is 105 Å². The summed E-state index contributed by atoms with van der Waals surface area (Å²) in [5.41, 5.74) is 2.97. The second-order valence-corrected chi connectivity index (χ2v) is 7.14. The maximum Gasteiger partial charge on any atom is 0.263 e. The summed E-state index contributed by atoms with van der Waals surface area (Å²) < 4.78 is 27.1. The number of benzene rings is 1. The molecular weight excluding hydrogens is 346 g/mol. The van der Waals surface area contributed by atoms with E-state index >= 15 is 0 Å². The number of hydrogen-bond acceptors (Lipinski definition) is 6. The van der Waals surface area contributed by atoms with Crippen LogP contribution in [0.25, 0.3) is 0 Å². The number of ketones is 1. The number of rotatable bonds is 7. The van der Waals surface area contributed by atoms with E-state index in [2.05, 4.69) is 5.43 Å². The molecule has 1 aromatic rings. The summed E-state index contributed by atoms with van der Waals surface area (Å²) in [7, 11) is -1.99. The minimum Gasteiger partial charge on any atom is -0.497 e. The third kappa shape index (κ3) is 5.73. The molecule has 0 aromatic heterocycles. The Morgan fingerprint density at radius 3 is 2.52 bits per heavy atom. The summed E-state index contributed by atoms with van der Waals surface area (Å²) in [4.78, 5) is 27.8. The minimum absolute atomic E-state index is 0.0547. The van der Waals surface area contributed by atoms with E-state index in [0.717, 1.165) is 6.26 Å². The van der Waals surface area contributed by atoms with E-state index < -0.39 is 15.9 Å². The number of carbonyl (C=O) groups is 2. The Morgan fingerprint density at radius 2 is 1.92 bits per heavy atom. The zero-order chi connectivity index (χ0) is 18.4. The Bertz CT molecular complexity index is 813. The molecule has 0 saturated heterocycles. The number of nitrogens with one attached hydrogen (secondary N) is 2. The van der Waals surface area contributed by atoms with Crippen LogP contribution in [-0.2, 0) is 14.8 Å². The van der Waals surface area contributed by atoms with Crippen molar-refractivity contribution in [2.24, 2.45) is 0 Å². The van der Waals surface area contributed by atoms with Crippen LogP contribution in [0.5, 0.6) is 5.75 Å². The highest BCUT2D eigenvalue weighted by atomic mass is 32.2. The van der Waals surface area contributed by atoms with E-state index in [9.17, 15) is 18.0 Å². The fourth-order valence-electron chi connectivity index (χ4n) is 2.11. The van der Waals surface area contributed by atoms with Crippen LogP contribution in [0.4, 0.5) is 0 Å². The second-order valence-electron chi connectivity index (χ2n) is 5.40. The van der Waals surface area contributed by atoms with Crippen LogP contribution in [0.15, 0.2) is 48.3 Å². The van der Waals surface area contributed by atoms with Crippen molar-refractivity contribution < 1.29 is 22.7 Å². The van der Waals surface area contributed by atoms with E-state index in [1.165, 1.54) is 6.20 Å². The molecule has 0 radical (unpaired) electrons. The van der Waals surface area contributed by atoms with Crippen LogP contribution in [0.2, 0.25) is 0 Å². The second kappa shape index (κ2) is 7.95. The molecule has 25 heavy (non-hydrogen) atoms. The molecule has 1 amide bonds. The van der Waals surface area contributed by atoms with Gasteiger partial charge in [0.1, 0.15) is 5.75 Å². The molecule has 1 aromatic carbocycles. The Kier molecular flexibility index (Phi) is 5.94. The highest BCUT2D eigenvalue weighted by molar-refractivity contribution is 7.88. The lowest BCUT2D eigenvalue weighted by atomic mass is 10.1. The number of methoxy groups -OCH3 is 1. The molecule has 1 heterocycles. The van der Waals surface area contributed by atoms with Gasteiger partial charge >= 0.3 is 0 Å². The number of ether oxygens (including phenoxy) is 1. The van der Waals surface area contributed by atoms with Gasteiger partial charge < -0.3 is 9.64 Å². The molecule has 0 saturated carbocycles. The first-order valence-electron chi connectivity index (χ1n) is 7.36. The summed E-state index contributed by atoms with van der Waals surface area (Å²) in [6, 6.07) is 6.74. The van der Waals surface area contributed by atoms with E-state index in [1.54, 1.807) is 48.6 Å². The van der Waals surface area contributed by atoms with Crippen LogP contribution in [0, 0.1) is 0 Å². The quantitative estimate of drug-likeness (QED) is 0.540. The summed E-state index contributed by atoms with van der Waals surface area (Å²) in [6.07, 6.45) is 6.20. The molecule has 2 N–H and O–H groups in total. The molecule has 0 spiro atoms. The van der Waals surface area contributed by atoms with Gasteiger partial charge in [-0.15, -0.1) is 4.83 Å². The van der Waals surface area contributed by atoms with Gasteiger partial charge in [-0.1, -0.05) is 6.08 Å². The lowest BCUT2D eigenvalue weighted by Crippen LogP contribution is -2.42. The summed E-state index contributed by atoms with van der Waals surface area (Å²) >= 11 is 0. The monoisotopic (exact) mass is 365 g/mol. The van der Waals surface area contributed by atoms with E-state index in [0.29, 0.717) is 23.3 Å². The molecule has 0 aliphatic carbocycles. The fraction of sp³-hybridized carbons (Fsp3) is 0.250. The molecule has 0 bridgehead atoms. The third-order valence-electron chi connectivity index (χ3n) is 3.34. The summed E-state index contributed by atoms with van der Waals surface area (Å²) in [5, 5.41) is 0. The van der Waals surface area contributed by atoms with Crippen LogP contribution in [-0.4, -0.2) is 44.9 Å². The molecule has 0 fully saturated rings. The predicted molar refractivity (Wildman–Crippen MR) is 92.0 cm³/mol. The molecule has 0 unspecified atom stereocenters. The standard InChI is InChI=1S/C16H19N3O5S/c1-24-14-7-5-12(6-8-14)15(20)11-19-9-3-4-13(10-19)16(21)17-18-25(2,22)23/h3,5-10,18H,4,11H2,1-2H3,(H,17,21). The number of Topliss-reactive ketones (excluding diaryl/α,β-unsaturated/α-hetero) is 1. The van der Waals surface area contributed by atoms with E-state index in [4.69, 9.17) is 4.74 Å². The zero-order valence-electron chi connectivity index (χ0n) is 13.9. The smallest absolute Gasteiger partial charge is 0.263 e. The fourth-order valence-corrected chi connectivity index (χ4v) is 2.39. The van der Waals surface area contributed by atoms with Crippen molar-refractivity contribution in [2.75, 3.05) is 19.9 Å². The molecule has 1 aliphatic rings. The minimum atomic E-state index is -3.54. The maximum atomic E-state index is 12.3. The number of allylic oxidation sites excluding steroid dienone is 1. The normalized spacial score (nSPS) is 14.0. The zero-order valence-corrected chi connectivity index (χ0v) is 14.7.